The number of carbonyl (C=O) groups excluding carboxylic acids is 1. The fraction of sp³-hybridized carbons (Fsp3) is 0.207. The zero-order chi connectivity index (χ0) is 24.4. The molecule has 4 aromatic rings. The topological polar surface area (TPSA) is 51.5 Å². The second-order valence-corrected chi connectivity index (χ2v) is 8.92. The monoisotopic (exact) mass is 473 g/mol. The molecule has 0 saturated heterocycles. The van der Waals surface area contributed by atoms with Gasteiger partial charge in [-0.05, 0) is 69.5 Å². The van der Waals surface area contributed by atoms with Crippen LogP contribution in [0.25, 0.3) is 27.7 Å². The van der Waals surface area contributed by atoms with Gasteiger partial charge in [0.2, 0.25) is 5.91 Å². The Balaban J connectivity index is 1.78. The Morgan fingerprint density at radius 3 is 2.53 bits per heavy atom. The first kappa shape index (κ1) is 23.7. The van der Waals surface area contributed by atoms with Gasteiger partial charge in [-0.1, -0.05) is 47.5 Å². The van der Waals surface area contributed by atoms with Gasteiger partial charge >= 0.3 is 0 Å². The maximum atomic E-state index is 12.9. The molecule has 1 N–H and O–H groups in total. The van der Waals surface area contributed by atoms with Gasteiger partial charge in [-0.15, -0.1) is 0 Å². The molecule has 34 heavy (non-hydrogen) atoms. The molecule has 1 aromatic heterocycles. The van der Waals surface area contributed by atoms with Crippen molar-refractivity contribution >= 4 is 39.7 Å². The molecule has 0 bridgehead atoms. The average molecular weight is 474 g/mol. The van der Waals surface area contributed by atoms with Crippen LogP contribution >= 0.6 is 11.6 Å². The van der Waals surface area contributed by atoms with Gasteiger partial charge in [0, 0.05) is 38.9 Å². The van der Waals surface area contributed by atoms with Crippen LogP contribution in [0.5, 0.6) is 5.75 Å². The van der Waals surface area contributed by atoms with Gasteiger partial charge in [-0.3, -0.25) is 4.79 Å². The number of fused-ring (bicyclic) bond motifs is 1. The van der Waals surface area contributed by atoms with Crippen LogP contribution in [0.15, 0.2) is 65.3 Å². The van der Waals surface area contributed by atoms with E-state index >= 15 is 0 Å². The van der Waals surface area contributed by atoms with Crippen molar-refractivity contribution < 1.29 is 13.9 Å². The zero-order valence-electron chi connectivity index (χ0n) is 20.1. The van der Waals surface area contributed by atoms with Crippen molar-refractivity contribution in [2.45, 2.75) is 34.6 Å². The third-order valence-electron chi connectivity index (χ3n) is 5.93. The minimum atomic E-state index is -0.228. The van der Waals surface area contributed by atoms with Crippen molar-refractivity contribution in [3.8, 4) is 16.9 Å². The Kier molecular flexibility index (Phi) is 6.80. The summed E-state index contributed by atoms with van der Waals surface area (Å²) in [6, 6.07) is 15.8. The molecule has 0 fully saturated rings. The summed E-state index contributed by atoms with van der Waals surface area (Å²) in [5.74, 6) is 0.495. The lowest BCUT2D eigenvalue weighted by atomic mass is 9.96. The number of allylic oxidation sites excluding steroid dienone is 1. The summed E-state index contributed by atoms with van der Waals surface area (Å²) in [6.45, 7) is 10.4. The number of carbonyl (C=O) groups is 1. The Morgan fingerprint density at radius 2 is 1.82 bits per heavy atom. The van der Waals surface area contributed by atoms with E-state index < -0.39 is 0 Å². The normalized spacial score (nSPS) is 11.6. The summed E-state index contributed by atoms with van der Waals surface area (Å²) >= 11 is 6.10. The first-order chi connectivity index (χ1) is 16.3. The SMILES string of the molecule is CCOc1c(/C(C)=C/C(=O)Nc2cc(Cl)ccc2C)cc2c(-c3ccc(C)cc3)coc2c1C. The van der Waals surface area contributed by atoms with E-state index in [1.165, 1.54) is 5.56 Å². The molecule has 0 aliphatic rings. The van der Waals surface area contributed by atoms with Crippen LogP contribution in [-0.2, 0) is 4.79 Å². The first-order valence-corrected chi connectivity index (χ1v) is 11.7. The van der Waals surface area contributed by atoms with Crippen molar-refractivity contribution in [3.63, 3.8) is 0 Å². The van der Waals surface area contributed by atoms with Gasteiger partial charge in [0.25, 0.3) is 0 Å². The summed E-state index contributed by atoms with van der Waals surface area (Å²) in [7, 11) is 0. The smallest absolute Gasteiger partial charge is 0.248 e. The molecule has 4 nitrogen and oxygen atoms in total. The average Bonchev–Trinajstić information content (AvgIpc) is 3.23. The number of benzene rings is 3. The lowest BCUT2D eigenvalue weighted by molar-refractivity contribution is -0.111. The predicted molar refractivity (Wildman–Crippen MR) is 141 cm³/mol. The third kappa shape index (κ3) is 4.73. The fourth-order valence-electron chi connectivity index (χ4n) is 4.07. The molecular formula is C29H28ClNO3. The second-order valence-electron chi connectivity index (χ2n) is 8.48. The standard InChI is InChI=1S/C29H28ClNO3/c1-6-33-28-20(5)29-24(25(16-34-29)21-10-7-17(2)8-11-21)15-23(28)19(4)13-27(32)31-26-14-22(30)12-9-18(26)3/h7-16H,6H2,1-5H3,(H,31,32)/b19-13+. The molecule has 174 valence electrons. The highest BCUT2D eigenvalue weighted by atomic mass is 35.5. The van der Waals surface area contributed by atoms with Crippen molar-refractivity contribution in [1.29, 1.82) is 0 Å². The molecule has 1 amide bonds. The van der Waals surface area contributed by atoms with Gasteiger partial charge < -0.3 is 14.5 Å². The molecule has 0 unspecified atom stereocenters. The fourth-order valence-corrected chi connectivity index (χ4v) is 4.24. The van der Waals surface area contributed by atoms with Crippen molar-refractivity contribution in [3.05, 3.63) is 88.1 Å². The molecule has 1 heterocycles. The molecule has 0 radical (unpaired) electrons. The largest absolute Gasteiger partial charge is 0.493 e. The number of hydrogen-bond acceptors (Lipinski definition) is 3. The summed E-state index contributed by atoms with van der Waals surface area (Å²) in [6.07, 6.45) is 3.38. The van der Waals surface area contributed by atoms with Crippen LogP contribution in [-0.4, -0.2) is 12.5 Å². The molecule has 0 atom stereocenters. The quantitative estimate of drug-likeness (QED) is 0.287. The van der Waals surface area contributed by atoms with Gasteiger partial charge in [0.15, 0.2) is 0 Å². The lowest BCUT2D eigenvalue weighted by Crippen LogP contribution is -2.10. The number of amides is 1. The Bertz CT molecular complexity index is 1400. The van der Waals surface area contributed by atoms with E-state index in [9.17, 15) is 4.79 Å². The number of anilines is 1. The van der Waals surface area contributed by atoms with Crippen LogP contribution in [0.1, 0.15) is 36.1 Å². The van der Waals surface area contributed by atoms with Crippen LogP contribution in [0, 0.1) is 20.8 Å². The third-order valence-corrected chi connectivity index (χ3v) is 6.16. The molecule has 5 heteroatoms. The van der Waals surface area contributed by atoms with Gasteiger partial charge in [0.05, 0.1) is 12.9 Å². The second kappa shape index (κ2) is 9.78. The van der Waals surface area contributed by atoms with E-state index in [0.29, 0.717) is 17.3 Å². The van der Waals surface area contributed by atoms with Crippen molar-refractivity contribution in [2.24, 2.45) is 0 Å². The van der Waals surface area contributed by atoms with E-state index in [4.69, 9.17) is 20.8 Å². The summed E-state index contributed by atoms with van der Waals surface area (Å²) in [5, 5.41) is 4.49. The molecule has 0 spiro atoms. The van der Waals surface area contributed by atoms with E-state index in [1.807, 2.05) is 33.8 Å². The molecule has 3 aromatic carbocycles. The Hall–Kier alpha value is -3.50. The maximum Gasteiger partial charge on any atom is 0.248 e. The lowest BCUT2D eigenvalue weighted by Gasteiger charge is -2.15. The van der Waals surface area contributed by atoms with Crippen LogP contribution in [0.3, 0.4) is 0 Å². The van der Waals surface area contributed by atoms with Crippen LogP contribution in [0.4, 0.5) is 5.69 Å². The minimum Gasteiger partial charge on any atom is -0.493 e. The van der Waals surface area contributed by atoms with Gasteiger partial charge in [0.1, 0.15) is 11.3 Å². The highest BCUT2D eigenvalue weighted by Crippen LogP contribution is 2.40. The number of halogens is 1. The first-order valence-electron chi connectivity index (χ1n) is 11.3. The van der Waals surface area contributed by atoms with E-state index in [1.54, 1.807) is 24.5 Å². The van der Waals surface area contributed by atoms with Crippen molar-refractivity contribution in [1.82, 2.24) is 0 Å². The van der Waals surface area contributed by atoms with Gasteiger partial charge in [-0.2, -0.15) is 0 Å². The predicted octanol–water partition coefficient (Wildman–Crippen LogP) is 8.12. The van der Waals surface area contributed by atoms with Gasteiger partial charge in [-0.25, -0.2) is 0 Å². The Morgan fingerprint density at radius 1 is 1.09 bits per heavy atom. The number of rotatable bonds is 6. The number of furan rings is 1. The van der Waals surface area contributed by atoms with Crippen molar-refractivity contribution in [2.75, 3.05) is 11.9 Å². The summed E-state index contributed by atoms with van der Waals surface area (Å²) in [4.78, 5) is 12.9. The number of hydrogen-bond donors (Lipinski definition) is 1. The summed E-state index contributed by atoms with van der Waals surface area (Å²) in [5.41, 5.74) is 8.27. The molecule has 0 aliphatic heterocycles. The minimum absolute atomic E-state index is 0.228. The summed E-state index contributed by atoms with van der Waals surface area (Å²) < 4.78 is 12.0. The number of nitrogens with one attached hydrogen (secondary N) is 1. The molecule has 4 rings (SSSR count). The van der Waals surface area contributed by atoms with Crippen LogP contribution < -0.4 is 10.1 Å². The Labute approximate surface area is 205 Å². The molecule has 0 saturated carbocycles. The van der Waals surface area contributed by atoms with Crippen LogP contribution in [0.2, 0.25) is 5.02 Å². The number of ether oxygens (including phenoxy) is 1. The van der Waals surface area contributed by atoms with E-state index in [-0.39, 0.29) is 5.91 Å². The maximum absolute atomic E-state index is 12.9. The van der Waals surface area contributed by atoms with E-state index in [0.717, 1.165) is 50.1 Å². The van der Waals surface area contributed by atoms with E-state index in [2.05, 4.69) is 42.6 Å². The highest BCUT2D eigenvalue weighted by Gasteiger charge is 2.19. The highest BCUT2D eigenvalue weighted by molar-refractivity contribution is 6.31. The zero-order valence-corrected chi connectivity index (χ0v) is 20.8. The number of aryl methyl sites for hydroxylation is 3. The molecular weight excluding hydrogens is 446 g/mol. The molecule has 0 aliphatic carbocycles.